The van der Waals surface area contributed by atoms with Gasteiger partial charge in [0.25, 0.3) is 5.91 Å². The number of rotatable bonds is 3. The summed E-state index contributed by atoms with van der Waals surface area (Å²) in [4.78, 5) is 14.1. The van der Waals surface area contributed by atoms with Crippen molar-refractivity contribution < 1.29 is 9.18 Å². The molecule has 0 aliphatic rings. The number of amides is 1. The number of benzene rings is 2. The highest BCUT2D eigenvalue weighted by Crippen LogP contribution is 2.25. The fourth-order valence-electron chi connectivity index (χ4n) is 1.90. The quantitative estimate of drug-likeness (QED) is 0.615. The van der Waals surface area contributed by atoms with Gasteiger partial charge in [0, 0.05) is 14.6 Å². The maximum absolute atomic E-state index is 13.9. The topological polar surface area (TPSA) is 20.3 Å². The average molecular weight is 448 g/mol. The molecular weight excluding hydrogens is 436 g/mol. The Kier molecular flexibility index (Phi) is 5.15. The number of para-hydroxylation sites is 1. The smallest absolute Gasteiger partial charge is 0.259 e. The second kappa shape index (κ2) is 6.67. The van der Waals surface area contributed by atoms with Gasteiger partial charge in [-0.3, -0.25) is 4.79 Å². The first kappa shape index (κ1) is 15.4. The van der Waals surface area contributed by atoms with Crippen molar-refractivity contribution in [1.82, 2.24) is 0 Å². The summed E-state index contributed by atoms with van der Waals surface area (Å²) in [6, 6.07) is 11.8. The monoisotopic (exact) mass is 447 g/mol. The zero-order valence-corrected chi connectivity index (χ0v) is 14.5. The van der Waals surface area contributed by atoms with Crippen molar-refractivity contribution in [1.29, 1.82) is 0 Å². The van der Waals surface area contributed by atoms with Gasteiger partial charge in [0.1, 0.15) is 5.82 Å². The normalized spacial score (nSPS) is 10.4. The first-order valence-corrected chi connectivity index (χ1v) is 7.93. The Hall–Kier alpha value is -0.950. The first-order chi connectivity index (χ1) is 9.54. The molecule has 104 valence electrons. The number of halogens is 3. The van der Waals surface area contributed by atoms with E-state index in [2.05, 4.69) is 38.5 Å². The molecule has 0 radical (unpaired) electrons. The van der Waals surface area contributed by atoms with E-state index in [1.165, 1.54) is 11.0 Å². The van der Waals surface area contributed by atoms with E-state index >= 15 is 0 Å². The van der Waals surface area contributed by atoms with E-state index in [1.807, 2.05) is 19.1 Å². The van der Waals surface area contributed by atoms with Crippen molar-refractivity contribution in [2.24, 2.45) is 0 Å². The molecule has 0 saturated carbocycles. The van der Waals surface area contributed by atoms with Gasteiger partial charge in [0.05, 0.1) is 11.3 Å². The minimum Gasteiger partial charge on any atom is -0.306 e. The number of hydrogen-bond donors (Lipinski definition) is 0. The summed E-state index contributed by atoms with van der Waals surface area (Å²) in [6.45, 7) is 2.23. The van der Waals surface area contributed by atoms with Gasteiger partial charge >= 0.3 is 0 Å². The van der Waals surface area contributed by atoms with Crippen LogP contribution in [0.15, 0.2) is 46.9 Å². The van der Waals surface area contributed by atoms with Crippen LogP contribution in [0.5, 0.6) is 0 Å². The lowest BCUT2D eigenvalue weighted by Gasteiger charge is -2.22. The fraction of sp³-hybridized carbons (Fsp3) is 0.133. The van der Waals surface area contributed by atoms with Crippen LogP contribution in [-0.2, 0) is 0 Å². The lowest BCUT2D eigenvalue weighted by Crippen LogP contribution is -2.31. The number of nitrogens with zero attached hydrogens (tertiary/aromatic N) is 1. The second-order valence-electron chi connectivity index (χ2n) is 4.12. The molecule has 2 aromatic rings. The molecule has 0 atom stereocenters. The van der Waals surface area contributed by atoms with Gasteiger partial charge in [-0.05, 0) is 75.8 Å². The molecule has 2 aromatic carbocycles. The third-order valence-corrected chi connectivity index (χ3v) is 4.23. The second-order valence-corrected chi connectivity index (χ2v) is 6.22. The van der Waals surface area contributed by atoms with Crippen LogP contribution in [-0.4, -0.2) is 12.5 Å². The number of carbonyl (C=O) groups excluding carboxylic acids is 1. The van der Waals surface area contributed by atoms with Gasteiger partial charge < -0.3 is 4.90 Å². The third-order valence-electron chi connectivity index (χ3n) is 2.86. The Labute approximate surface area is 139 Å². The van der Waals surface area contributed by atoms with Gasteiger partial charge in [-0.1, -0.05) is 12.1 Å². The Morgan fingerprint density at radius 1 is 1.30 bits per heavy atom. The highest BCUT2D eigenvalue weighted by molar-refractivity contribution is 14.1. The number of carbonyl (C=O) groups is 1. The SMILES string of the molecule is CCN(C(=O)c1cc(I)ccc1Br)c1ccccc1F. The Balaban J connectivity index is 2.45. The molecule has 0 unspecified atom stereocenters. The van der Waals surface area contributed by atoms with Crippen molar-refractivity contribution in [2.45, 2.75) is 6.92 Å². The maximum atomic E-state index is 13.9. The molecule has 20 heavy (non-hydrogen) atoms. The summed E-state index contributed by atoms with van der Waals surface area (Å²) >= 11 is 5.52. The summed E-state index contributed by atoms with van der Waals surface area (Å²) in [7, 11) is 0. The number of anilines is 1. The van der Waals surface area contributed by atoms with E-state index in [0.717, 1.165) is 3.57 Å². The molecular formula is C15H12BrFINO. The van der Waals surface area contributed by atoms with Crippen molar-refractivity contribution in [3.8, 4) is 0 Å². The van der Waals surface area contributed by atoms with Crippen molar-refractivity contribution in [2.75, 3.05) is 11.4 Å². The zero-order chi connectivity index (χ0) is 14.7. The Morgan fingerprint density at radius 3 is 2.65 bits per heavy atom. The molecule has 0 N–H and O–H groups in total. The van der Waals surface area contributed by atoms with Crippen LogP contribution >= 0.6 is 38.5 Å². The van der Waals surface area contributed by atoms with E-state index in [9.17, 15) is 9.18 Å². The van der Waals surface area contributed by atoms with Gasteiger partial charge in [-0.2, -0.15) is 0 Å². The average Bonchev–Trinajstić information content (AvgIpc) is 2.44. The molecule has 0 aliphatic carbocycles. The largest absolute Gasteiger partial charge is 0.306 e. The van der Waals surface area contributed by atoms with Gasteiger partial charge in [0.2, 0.25) is 0 Å². The summed E-state index contributed by atoms with van der Waals surface area (Å²) in [5.74, 6) is -0.618. The van der Waals surface area contributed by atoms with Crippen LogP contribution in [0, 0.1) is 9.39 Å². The summed E-state index contributed by atoms with van der Waals surface area (Å²) in [5.41, 5.74) is 0.827. The number of hydrogen-bond acceptors (Lipinski definition) is 1. The third kappa shape index (κ3) is 3.20. The molecule has 2 nitrogen and oxygen atoms in total. The lowest BCUT2D eigenvalue weighted by atomic mass is 10.1. The predicted molar refractivity (Wildman–Crippen MR) is 90.6 cm³/mol. The van der Waals surface area contributed by atoms with Crippen molar-refractivity contribution in [3.05, 3.63) is 61.9 Å². The predicted octanol–water partition coefficient (Wildman–Crippen LogP) is 4.86. The van der Waals surface area contributed by atoms with Crippen molar-refractivity contribution in [3.63, 3.8) is 0 Å². The summed E-state index contributed by atoms with van der Waals surface area (Å²) in [5, 5.41) is 0. The van der Waals surface area contributed by atoms with Crippen molar-refractivity contribution >= 4 is 50.1 Å². The molecule has 5 heteroatoms. The minimum atomic E-state index is -0.399. The first-order valence-electron chi connectivity index (χ1n) is 6.06. The minimum absolute atomic E-state index is 0.219. The molecule has 0 aliphatic heterocycles. The van der Waals surface area contributed by atoms with E-state index in [4.69, 9.17) is 0 Å². The highest BCUT2D eigenvalue weighted by Gasteiger charge is 2.21. The Bertz CT molecular complexity index is 648. The molecule has 0 fully saturated rings. The van der Waals surface area contributed by atoms with Gasteiger partial charge in [-0.15, -0.1) is 0 Å². The van der Waals surface area contributed by atoms with E-state index < -0.39 is 5.82 Å². The molecule has 1 amide bonds. The standard InChI is InChI=1S/C15H12BrFINO/c1-2-19(14-6-4-3-5-13(14)17)15(20)11-9-10(18)7-8-12(11)16/h3-9H,2H2,1H3. The Morgan fingerprint density at radius 2 is 2.00 bits per heavy atom. The summed E-state index contributed by atoms with van der Waals surface area (Å²) in [6.07, 6.45) is 0. The van der Waals surface area contributed by atoms with E-state index in [-0.39, 0.29) is 5.91 Å². The van der Waals surface area contributed by atoms with Crippen LogP contribution in [0.25, 0.3) is 0 Å². The molecule has 0 bridgehead atoms. The molecule has 2 rings (SSSR count). The molecule has 0 saturated heterocycles. The van der Waals surface area contributed by atoms with Crippen LogP contribution in [0.1, 0.15) is 17.3 Å². The molecule has 0 aromatic heterocycles. The summed E-state index contributed by atoms with van der Waals surface area (Å²) < 4.78 is 15.5. The van der Waals surface area contributed by atoms with E-state index in [1.54, 1.807) is 24.3 Å². The van der Waals surface area contributed by atoms with Crippen LogP contribution in [0.2, 0.25) is 0 Å². The fourth-order valence-corrected chi connectivity index (χ4v) is 2.81. The zero-order valence-electron chi connectivity index (χ0n) is 10.7. The maximum Gasteiger partial charge on any atom is 0.259 e. The van der Waals surface area contributed by atoms with Crippen LogP contribution in [0.3, 0.4) is 0 Å². The molecule has 0 spiro atoms. The van der Waals surface area contributed by atoms with Gasteiger partial charge in [0.15, 0.2) is 0 Å². The van der Waals surface area contributed by atoms with E-state index in [0.29, 0.717) is 22.3 Å². The van der Waals surface area contributed by atoms with Crippen LogP contribution in [0.4, 0.5) is 10.1 Å². The van der Waals surface area contributed by atoms with Crippen LogP contribution < -0.4 is 4.90 Å². The van der Waals surface area contributed by atoms with Gasteiger partial charge in [-0.25, -0.2) is 4.39 Å². The highest BCUT2D eigenvalue weighted by atomic mass is 127. The lowest BCUT2D eigenvalue weighted by molar-refractivity contribution is 0.0986. The molecule has 0 heterocycles.